The number of nitrogens with zero attached hydrogens (tertiary/aromatic N) is 8. The monoisotopic (exact) mass is 436 g/mol. The van der Waals surface area contributed by atoms with Crippen LogP contribution in [0, 0.1) is 27.7 Å². The first-order chi connectivity index (χ1) is 15.3. The summed E-state index contributed by atoms with van der Waals surface area (Å²) in [6.07, 6.45) is 1.19. The van der Waals surface area contributed by atoms with Crippen molar-refractivity contribution < 1.29 is 10.2 Å². The lowest BCUT2D eigenvalue weighted by Crippen LogP contribution is -2.23. The van der Waals surface area contributed by atoms with Gasteiger partial charge in [-0.15, -0.1) is 20.4 Å². The zero-order valence-electron chi connectivity index (χ0n) is 18.1. The maximum absolute atomic E-state index is 10.5. The first kappa shape index (κ1) is 21.3. The van der Waals surface area contributed by atoms with Gasteiger partial charge in [-0.1, -0.05) is 12.1 Å². The van der Waals surface area contributed by atoms with Gasteiger partial charge in [0, 0.05) is 23.5 Å². The van der Waals surface area contributed by atoms with Crippen molar-refractivity contribution >= 4 is 0 Å². The van der Waals surface area contributed by atoms with Crippen molar-refractivity contribution in [3.63, 3.8) is 0 Å². The zero-order valence-corrected chi connectivity index (χ0v) is 18.1. The maximum Gasteiger partial charge on any atom is 0.165 e. The van der Waals surface area contributed by atoms with Crippen molar-refractivity contribution in [2.75, 3.05) is 10.9 Å². The molecular weight excluding hydrogens is 412 g/mol. The smallest absolute Gasteiger partial charge is 0.165 e. The molecule has 0 saturated heterocycles. The quantitative estimate of drug-likeness (QED) is 0.309. The van der Waals surface area contributed by atoms with Gasteiger partial charge in [0.2, 0.25) is 0 Å². The summed E-state index contributed by atoms with van der Waals surface area (Å²) in [6.45, 7) is 7.16. The fraction of sp³-hybridized carbons (Fsp3) is 0.300. The number of rotatable bonds is 7. The molecule has 4 heterocycles. The van der Waals surface area contributed by atoms with Crippen LogP contribution in [0.2, 0.25) is 0 Å². The number of aliphatic hydroxyl groups is 2. The minimum atomic E-state index is -0.980. The molecule has 4 rings (SSSR count). The number of aromatic nitrogens is 8. The predicted octanol–water partition coefficient (Wildman–Crippen LogP) is 1.03. The van der Waals surface area contributed by atoms with Crippen LogP contribution in [0.1, 0.15) is 46.9 Å². The van der Waals surface area contributed by atoms with Crippen molar-refractivity contribution in [2.24, 2.45) is 0 Å². The Morgan fingerprint density at radius 3 is 1.25 bits per heavy atom. The predicted molar refractivity (Wildman–Crippen MR) is 115 cm³/mol. The molecule has 166 valence electrons. The second-order valence-corrected chi connectivity index (χ2v) is 7.28. The van der Waals surface area contributed by atoms with Gasteiger partial charge in [-0.05, 0) is 39.8 Å². The number of pyridine rings is 2. The third-order valence-electron chi connectivity index (χ3n) is 4.94. The Kier molecular flexibility index (Phi) is 5.79. The molecule has 2 atom stereocenters. The van der Waals surface area contributed by atoms with Gasteiger partial charge in [0.1, 0.15) is 23.3 Å². The number of aliphatic hydroxyl groups excluding tert-OH is 2. The Morgan fingerprint density at radius 2 is 0.969 bits per heavy atom. The van der Waals surface area contributed by atoms with E-state index in [0.717, 1.165) is 0 Å². The van der Waals surface area contributed by atoms with Crippen LogP contribution >= 0.6 is 0 Å². The lowest BCUT2D eigenvalue weighted by molar-refractivity contribution is 0.190. The number of hydrogen-bond acceptors (Lipinski definition) is 10. The van der Waals surface area contributed by atoms with E-state index in [1.54, 1.807) is 73.7 Å². The second kappa shape index (κ2) is 8.69. The molecule has 32 heavy (non-hydrogen) atoms. The van der Waals surface area contributed by atoms with Crippen LogP contribution in [0.25, 0.3) is 11.4 Å². The lowest BCUT2D eigenvalue weighted by atomic mass is 10.1. The molecule has 12 heteroatoms. The van der Waals surface area contributed by atoms with Crippen LogP contribution in [0.4, 0.5) is 0 Å². The van der Waals surface area contributed by atoms with Crippen molar-refractivity contribution in [3.05, 3.63) is 71.1 Å². The standard InChI is InChI=1S/C20H24N10O2/c1-11-23-24-12(2)29(11)27-19(31)15-5-7-17(21-9-15)18-8-6-16(10-22-18)20(32)28-30-13(3)25-26-14(30)4/h5-10,19-20,27-28,31-32H,1-4H3. The highest BCUT2D eigenvalue weighted by Gasteiger charge is 2.14. The summed E-state index contributed by atoms with van der Waals surface area (Å²) in [5, 5.41) is 36.7. The van der Waals surface area contributed by atoms with Crippen LogP contribution in [0.15, 0.2) is 36.7 Å². The molecule has 0 aliphatic rings. The molecule has 12 nitrogen and oxygen atoms in total. The van der Waals surface area contributed by atoms with E-state index >= 15 is 0 Å². The fourth-order valence-corrected chi connectivity index (χ4v) is 3.14. The topological polar surface area (TPSA) is 152 Å². The van der Waals surface area contributed by atoms with Gasteiger partial charge in [0.15, 0.2) is 12.5 Å². The van der Waals surface area contributed by atoms with E-state index in [1.807, 2.05) is 0 Å². The largest absolute Gasteiger partial charge is 0.368 e. The van der Waals surface area contributed by atoms with Gasteiger partial charge < -0.3 is 10.2 Å². The Balaban J connectivity index is 1.44. The molecule has 4 aromatic heterocycles. The molecule has 2 unspecified atom stereocenters. The molecule has 0 spiro atoms. The van der Waals surface area contributed by atoms with Crippen LogP contribution in [0.3, 0.4) is 0 Å². The summed E-state index contributed by atoms with van der Waals surface area (Å²) in [7, 11) is 0. The van der Waals surface area contributed by atoms with Crippen molar-refractivity contribution in [1.82, 2.24) is 39.7 Å². The summed E-state index contributed by atoms with van der Waals surface area (Å²) < 4.78 is 3.22. The molecule has 4 aromatic rings. The minimum Gasteiger partial charge on any atom is -0.368 e. The molecule has 0 aromatic carbocycles. The SMILES string of the molecule is Cc1nnc(C)n1NC(O)c1ccc(-c2ccc(C(O)Nn3c(C)nnc3C)cn2)nc1. The Labute approximate surface area is 184 Å². The van der Waals surface area contributed by atoms with Crippen molar-refractivity contribution in [1.29, 1.82) is 0 Å². The summed E-state index contributed by atoms with van der Waals surface area (Å²) in [6, 6.07) is 7.07. The summed E-state index contributed by atoms with van der Waals surface area (Å²) in [5.74, 6) is 2.56. The molecule has 0 radical (unpaired) electrons. The van der Waals surface area contributed by atoms with E-state index in [4.69, 9.17) is 0 Å². The average Bonchev–Trinajstić information content (AvgIpc) is 3.29. The van der Waals surface area contributed by atoms with Crippen molar-refractivity contribution in [2.45, 2.75) is 40.2 Å². The van der Waals surface area contributed by atoms with Gasteiger partial charge in [0.05, 0.1) is 11.4 Å². The van der Waals surface area contributed by atoms with Gasteiger partial charge >= 0.3 is 0 Å². The Bertz CT molecular complexity index is 1070. The third kappa shape index (κ3) is 4.26. The van der Waals surface area contributed by atoms with E-state index in [0.29, 0.717) is 45.8 Å². The van der Waals surface area contributed by atoms with E-state index in [-0.39, 0.29) is 0 Å². The van der Waals surface area contributed by atoms with Crippen molar-refractivity contribution in [3.8, 4) is 11.4 Å². The van der Waals surface area contributed by atoms with Crippen LogP contribution in [-0.4, -0.2) is 49.9 Å². The molecule has 0 aliphatic heterocycles. The fourth-order valence-electron chi connectivity index (χ4n) is 3.14. The summed E-state index contributed by atoms with van der Waals surface area (Å²) in [4.78, 5) is 8.80. The van der Waals surface area contributed by atoms with Crippen LogP contribution in [-0.2, 0) is 0 Å². The number of aryl methyl sites for hydroxylation is 4. The highest BCUT2D eigenvalue weighted by Crippen LogP contribution is 2.20. The van der Waals surface area contributed by atoms with E-state index in [9.17, 15) is 10.2 Å². The highest BCUT2D eigenvalue weighted by molar-refractivity contribution is 5.54. The first-order valence-electron chi connectivity index (χ1n) is 9.92. The minimum absolute atomic E-state index is 0.581. The van der Waals surface area contributed by atoms with Crippen LogP contribution < -0.4 is 10.9 Å². The number of nitrogens with one attached hydrogen (secondary N) is 2. The second-order valence-electron chi connectivity index (χ2n) is 7.28. The van der Waals surface area contributed by atoms with Gasteiger partial charge in [-0.2, -0.15) is 0 Å². The normalized spacial score (nSPS) is 13.1. The Morgan fingerprint density at radius 1 is 0.625 bits per heavy atom. The molecule has 0 aliphatic carbocycles. The molecule has 4 N–H and O–H groups in total. The molecule has 0 saturated carbocycles. The Hall–Kier alpha value is -3.90. The van der Waals surface area contributed by atoms with Gasteiger partial charge in [-0.3, -0.25) is 20.8 Å². The highest BCUT2D eigenvalue weighted by atomic mass is 16.3. The van der Waals surface area contributed by atoms with E-state index in [2.05, 4.69) is 41.2 Å². The average molecular weight is 436 g/mol. The van der Waals surface area contributed by atoms with E-state index < -0.39 is 12.5 Å². The van der Waals surface area contributed by atoms with Crippen LogP contribution in [0.5, 0.6) is 0 Å². The maximum atomic E-state index is 10.5. The van der Waals surface area contributed by atoms with E-state index in [1.165, 1.54) is 0 Å². The lowest BCUT2D eigenvalue weighted by Gasteiger charge is -2.17. The molecular formula is C20H24N10O2. The third-order valence-corrected chi connectivity index (χ3v) is 4.94. The molecule has 0 fully saturated rings. The summed E-state index contributed by atoms with van der Waals surface area (Å²) >= 11 is 0. The summed E-state index contributed by atoms with van der Waals surface area (Å²) in [5.41, 5.74) is 8.29. The number of hydrogen-bond donors (Lipinski definition) is 4. The van der Waals surface area contributed by atoms with Gasteiger partial charge in [-0.25, -0.2) is 9.35 Å². The zero-order chi connectivity index (χ0) is 22.8. The molecule has 0 amide bonds. The first-order valence-corrected chi connectivity index (χ1v) is 9.92. The van der Waals surface area contributed by atoms with Gasteiger partial charge in [0.25, 0.3) is 0 Å². The molecule has 0 bridgehead atoms.